The Labute approximate surface area is 168 Å². The Hall–Kier alpha value is -2.64. The topological polar surface area (TPSA) is 57.7 Å². The molecule has 0 spiro atoms. The molecule has 146 valence electrons. The van der Waals surface area contributed by atoms with Crippen molar-refractivity contribution in [2.75, 3.05) is 51.3 Å². The molecule has 1 aromatic heterocycles. The summed E-state index contributed by atoms with van der Waals surface area (Å²) in [6.45, 7) is 5.33. The van der Waals surface area contributed by atoms with Crippen LogP contribution in [0.15, 0.2) is 48.5 Å². The van der Waals surface area contributed by atoms with Gasteiger partial charge in [0.15, 0.2) is 5.13 Å². The van der Waals surface area contributed by atoms with Crippen molar-refractivity contribution < 1.29 is 9.53 Å². The molecule has 28 heavy (non-hydrogen) atoms. The van der Waals surface area contributed by atoms with Gasteiger partial charge in [0.05, 0.1) is 11.8 Å². The van der Waals surface area contributed by atoms with Crippen LogP contribution in [0.2, 0.25) is 0 Å². The molecule has 0 aliphatic carbocycles. The van der Waals surface area contributed by atoms with E-state index < -0.39 is 0 Å². The third kappa shape index (κ3) is 4.10. The second-order valence-corrected chi connectivity index (χ2v) is 7.76. The van der Waals surface area contributed by atoms with Crippen LogP contribution in [0.4, 0.5) is 5.13 Å². The number of hydrogen-bond acceptors (Lipinski definition) is 6. The second-order valence-electron chi connectivity index (χ2n) is 6.75. The molecule has 1 aliphatic heterocycles. The number of nitrogens with zero attached hydrogens (tertiary/aromatic N) is 3. The molecule has 2 heterocycles. The molecule has 0 unspecified atom stereocenters. The van der Waals surface area contributed by atoms with E-state index in [0.29, 0.717) is 12.1 Å². The quantitative estimate of drug-likeness (QED) is 0.694. The molecule has 0 atom stereocenters. The molecule has 1 N–H and O–H groups in total. The lowest BCUT2D eigenvalue weighted by Gasteiger charge is -2.34. The zero-order chi connectivity index (χ0) is 19.3. The number of benzene rings is 2. The van der Waals surface area contributed by atoms with Crippen LogP contribution in [0.1, 0.15) is 10.4 Å². The van der Waals surface area contributed by atoms with Crippen LogP contribution in [0, 0.1) is 0 Å². The van der Waals surface area contributed by atoms with Crippen LogP contribution in [-0.2, 0) is 0 Å². The minimum atomic E-state index is -0.0114. The van der Waals surface area contributed by atoms with Gasteiger partial charge in [0, 0.05) is 44.8 Å². The van der Waals surface area contributed by atoms with Gasteiger partial charge in [-0.25, -0.2) is 4.98 Å². The first-order chi connectivity index (χ1) is 13.7. The van der Waals surface area contributed by atoms with E-state index in [0.717, 1.165) is 53.8 Å². The van der Waals surface area contributed by atoms with Crippen molar-refractivity contribution in [2.45, 2.75) is 0 Å². The first-order valence-electron chi connectivity index (χ1n) is 9.48. The number of fused-ring (bicyclic) bond motifs is 1. The van der Waals surface area contributed by atoms with E-state index in [9.17, 15) is 4.79 Å². The second kappa shape index (κ2) is 8.58. The van der Waals surface area contributed by atoms with Crippen LogP contribution >= 0.6 is 11.3 Å². The first kappa shape index (κ1) is 18.7. The summed E-state index contributed by atoms with van der Waals surface area (Å²) >= 11 is 1.71. The summed E-state index contributed by atoms with van der Waals surface area (Å²) in [6.07, 6.45) is 0. The molecule has 0 bridgehead atoms. The Morgan fingerprint density at radius 1 is 1.11 bits per heavy atom. The van der Waals surface area contributed by atoms with Gasteiger partial charge in [-0.15, -0.1) is 0 Å². The minimum Gasteiger partial charge on any atom is -0.494 e. The number of ether oxygens (including phenoxy) is 1. The van der Waals surface area contributed by atoms with Crippen molar-refractivity contribution in [3.63, 3.8) is 0 Å². The van der Waals surface area contributed by atoms with Crippen LogP contribution in [0.3, 0.4) is 0 Å². The molecular formula is C21H24N4O2S. The number of rotatable bonds is 6. The average Bonchev–Trinajstić information content (AvgIpc) is 3.19. The predicted octanol–water partition coefficient (Wildman–Crippen LogP) is 2.86. The molecule has 1 amide bonds. The fraction of sp³-hybridized carbons (Fsp3) is 0.333. The normalized spacial score (nSPS) is 15.0. The molecule has 7 heteroatoms. The highest BCUT2D eigenvalue weighted by Gasteiger charge is 2.20. The lowest BCUT2D eigenvalue weighted by atomic mass is 10.2. The van der Waals surface area contributed by atoms with Gasteiger partial charge in [0.2, 0.25) is 0 Å². The number of thiazole rings is 1. The summed E-state index contributed by atoms with van der Waals surface area (Å²) in [5.41, 5.74) is 1.65. The molecule has 0 saturated carbocycles. The highest BCUT2D eigenvalue weighted by molar-refractivity contribution is 7.22. The molecule has 1 aliphatic rings. The van der Waals surface area contributed by atoms with Crippen molar-refractivity contribution in [1.29, 1.82) is 0 Å². The molecule has 4 rings (SSSR count). The predicted molar refractivity (Wildman–Crippen MR) is 114 cm³/mol. The smallest absolute Gasteiger partial charge is 0.251 e. The van der Waals surface area contributed by atoms with Crippen LogP contribution in [0.25, 0.3) is 10.2 Å². The first-order valence-corrected chi connectivity index (χ1v) is 10.3. The summed E-state index contributed by atoms with van der Waals surface area (Å²) < 4.78 is 6.58. The lowest BCUT2D eigenvalue weighted by Crippen LogP contribution is -2.48. The summed E-state index contributed by atoms with van der Waals surface area (Å²) in [6, 6.07) is 15.4. The van der Waals surface area contributed by atoms with E-state index in [2.05, 4.69) is 21.2 Å². The maximum absolute atomic E-state index is 12.1. The van der Waals surface area contributed by atoms with Crippen molar-refractivity contribution in [1.82, 2.24) is 15.2 Å². The number of para-hydroxylation sites is 1. The largest absolute Gasteiger partial charge is 0.494 e. The van der Waals surface area contributed by atoms with E-state index in [1.165, 1.54) is 0 Å². The third-order valence-electron chi connectivity index (χ3n) is 4.98. The number of hydrogen-bond donors (Lipinski definition) is 1. The molecular weight excluding hydrogens is 372 g/mol. The Bertz CT molecular complexity index is 936. The molecule has 3 aromatic rings. The number of nitrogens with one attached hydrogen (secondary N) is 1. The zero-order valence-electron chi connectivity index (χ0n) is 15.9. The van der Waals surface area contributed by atoms with Crippen LogP contribution < -0.4 is 15.0 Å². The maximum Gasteiger partial charge on any atom is 0.251 e. The van der Waals surface area contributed by atoms with Crippen molar-refractivity contribution in [2.24, 2.45) is 0 Å². The summed E-state index contributed by atoms with van der Waals surface area (Å²) in [4.78, 5) is 21.6. The van der Waals surface area contributed by atoms with Gasteiger partial charge in [-0.2, -0.15) is 0 Å². The monoisotopic (exact) mass is 396 g/mol. The number of amides is 1. The number of anilines is 1. The third-order valence-corrected chi connectivity index (χ3v) is 6.06. The van der Waals surface area contributed by atoms with Crippen LogP contribution in [0.5, 0.6) is 5.75 Å². The standard InChI is InChI=1S/C21H24N4O2S/c1-27-17-8-5-9-18-19(17)23-21(28-18)25-14-12-24(13-15-25)11-10-22-20(26)16-6-3-2-4-7-16/h2-9H,10-15H2,1H3,(H,22,26). The van der Waals surface area contributed by atoms with Crippen LogP contribution in [-0.4, -0.2) is 62.2 Å². The maximum atomic E-state index is 12.1. The highest BCUT2D eigenvalue weighted by atomic mass is 32.1. The van der Waals surface area contributed by atoms with Gasteiger partial charge < -0.3 is 15.0 Å². The zero-order valence-corrected chi connectivity index (χ0v) is 16.7. The van der Waals surface area contributed by atoms with E-state index in [1.54, 1.807) is 18.4 Å². The van der Waals surface area contributed by atoms with Gasteiger partial charge in [-0.1, -0.05) is 35.6 Å². The Kier molecular flexibility index (Phi) is 5.73. The molecule has 0 radical (unpaired) electrons. The van der Waals surface area contributed by atoms with Crippen molar-refractivity contribution >= 4 is 32.6 Å². The fourth-order valence-corrected chi connectivity index (χ4v) is 4.43. The Morgan fingerprint density at radius 2 is 1.89 bits per heavy atom. The highest BCUT2D eigenvalue weighted by Crippen LogP contribution is 2.34. The number of methoxy groups -OCH3 is 1. The van der Waals surface area contributed by atoms with E-state index in [-0.39, 0.29) is 5.91 Å². The number of piperazine rings is 1. The Balaban J connectivity index is 1.27. The Morgan fingerprint density at radius 3 is 2.64 bits per heavy atom. The van der Waals surface area contributed by atoms with Gasteiger partial charge in [0.25, 0.3) is 5.91 Å². The average molecular weight is 397 g/mol. The van der Waals surface area contributed by atoms with Crippen molar-refractivity contribution in [3.05, 3.63) is 54.1 Å². The summed E-state index contributed by atoms with van der Waals surface area (Å²) in [5.74, 6) is 0.815. The SMILES string of the molecule is COc1cccc2sc(N3CCN(CCNC(=O)c4ccccc4)CC3)nc12. The molecule has 1 saturated heterocycles. The molecule has 1 fully saturated rings. The molecule has 2 aromatic carbocycles. The molecule has 6 nitrogen and oxygen atoms in total. The van der Waals surface area contributed by atoms with Gasteiger partial charge in [-0.3, -0.25) is 9.69 Å². The van der Waals surface area contributed by atoms with Gasteiger partial charge in [-0.05, 0) is 24.3 Å². The summed E-state index contributed by atoms with van der Waals surface area (Å²) in [5, 5.41) is 4.05. The fourth-order valence-electron chi connectivity index (χ4n) is 3.39. The minimum absolute atomic E-state index is 0.0114. The van der Waals surface area contributed by atoms with E-state index >= 15 is 0 Å². The number of carbonyl (C=O) groups excluding carboxylic acids is 1. The number of aromatic nitrogens is 1. The summed E-state index contributed by atoms with van der Waals surface area (Å²) in [7, 11) is 1.68. The van der Waals surface area contributed by atoms with E-state index in [1.807, 2.05) is 42.5 Å². The lowest BCUT2D eigenvalue weighted by molar-refractivity contribution is 0.0948. The van der Waals surface area contributed by atoms with Crippen molar-refractivity contribution in [3.8, 4) is 5.75 Å². The van der Waals surface area contributed by atoms with Gasteiger partial charge >= 0.3 is 0 Å². The number of carbonyl (C=O) groups is 1. The van der Waals surface area contributed by atoms with E-state index in [4.69, 9.17) is 9.72 Å². The van der Waals surface area contributed by atoms with Gasteiger partial charge in [0.1, 0.15) is 11.3 Å².